The lowest BCUT2D eigenvalue weighted by Crippen LogP contribution is -2.11. The molecule has 0 aliphatic carbocycles. The van der Waals surface area contributed by atoms with Crippen LogP contribution in [0.1, 0.15) is 25.5 Å². The van der Waals surface area contributed by atoms with E-state index in [4.69, 9.17) is 25.6 Å². The van der Waals surface area contributed by atoms with Crippen LogP contribution in [0.25, 0.3) is 0 Å². The predicted molar refractivity (Wildman–Crippen MR) is 81.8 cm³/mol. The van der Waals surface area contributed by atoms with Crippen molar-refractivity contribution in [3.05, 3.63) is 36.2 Å². The third-order valence-corrected chi connectivity index (χ3v) is 3.84. The Bertz CT molecular complexity index is 652. The fourth-order valence-corrected chi connectivity index (χ4v) is 2.97. The molecule has 0 saturated carbocycles. The summed E-state index contributed by atoms with van der Waals surface area (Å²) in [5, 5.41) is 15.3. The second kappa shape index (κ2) is 7.17. The van der Waals surface area contributed by atoms with E-state index < -0.39 is 19.1 Å². The summed E-state index contributed by atoms with van der Waals surface area (Å²) < 4.78 is 15.8. The Labute approximate surface area is 132 Å². The van der Waals surface area contributed by atoms with E-state index in [9.17, 15) is 10.00 Å². The molecular weight excluding hydrogens is 329 g/mol. The van der Waals surface area contributed by atoms with E-state index >= 15 is 0 Å². The van der Waals surface area contributed by atoms with Crippen LogP contribution < -0.4 is 9.05 Å². The van der Waals surface area contributed by atoms with Gasteiger partial charge < -0.3 is 23.8 Å². The first-order valence-electron chi connectivity index (χ1n) is 6.37. The van der Waals surface area contributed by atoms with Crippen molar-refractivity contribution in [1.29, 1.82) is 0 Å². The number of para-hydroxylation sites is 1. The summed E-state index contributed by atoms with van der Waals surface area (Å²) in [6.07, 6.45) is -0.181. The van der Waals surface area contributed by atoms with E-state index in [0.717, 1.165) is 0 Å². The number of nitrogens with zero attached hydrogens (tertiary/aromatic N) is 2. The number of benzene rings is 1. The van der Waals surface area contributed by atoms with Crippen LogP contribution in [0, 0.1) is 0 Å². The molecule has 1 aromatic heterocycles. The number of aliphatic hydroxyl groups excluding tert-OH is 1. The molecule has 8 nitrogen and oxygen atoms in total. The van der Waals surface area contributed by atoms with E-state index in [0.29, 0.717) is 11.3 Å². The van der Waals surface area contributed by atoms with Crippen molar-refractivity contribution in [2.45, 2.75) is 26.2 Å². The SMILES string of the molecule is CC(O)OC(C)c1ccccc1OP(O)(=S)Oc1ncn[nH]1. The topological polar surface area (TPSA) is 110 Å². The van der Waals surface area contributed by atoms with Crippen molar-refractivity contribution in [3.63, 3.8) is 0 Å². The van der Waals surface area contributed by atoms with Crippen molar-refractivity contribution in [2.75, 3.05) is 0 Å². The lowest BCUT2D eigenvalue weighted by Gasteiger charge is -2.21. The molecule has 3 atom stereocenters. The molecule has 0 amide bonds. The Morgan fingerprint density at radius 3 is 2.64 bits per heavy atom. The van der Waals surface area contributed by atoms with Gasteiger partial charge in [-0.2, -0.15) is 10.1 Å². The average molecular weight is 345 g/mol. The van der Waals surface area contributed by atoms with Crippen LogP contribution in [0.4, 0.5) is 0 Å². The lowest BCUT2D eigenvalue weighted by atomic mass is 10.1. The largest absolute Gasteiger partial charge is 0.434 e. The zero-order valence-electron chi connectivity index (χ0n) is 11.9. The first-order chi connectivity index (χ1) is 10.4. The molecule has 1 aromatic carbocycles. The smallest absolute Gasteiger partial charge is 0.415 e. The van der Waals surface area contributed by atoms with Gasteiger partial charge in [-0.3, -0.25) is 0 Å². The standard InChI is InChI=1S/C12H16N3O5PS/c1-8(18-9(2)16)10-5-3-4-6-11(10)19-21(17,22)20-12-13-7-14-15-12/h3-9,16H,1-2H3,(H,17,22)(H,13,14,15). The fourth-order valence-electron chi connectivity index (χ4n) is 1.76. The number of ether oxygens (including phenoxy) is 1. The number of hydrogen-bond donors (Lipinski definition) is 3. The Morgan fingerprint density at radius 1 is 1.27 bits per heavy atom. The molecule has 22 heavy (non-hydrogen) atoms. The maximum Gasteiger partial charge on any atom is 0.434 e. The molecule has 0 saturated heterocycles. The van der Waals surface area contributed by atoms with Crippen LogP contribution in [0.5, 0.6) is 11.8 Å². The van der Waals surface area contributed by atoms with Crippen LogP contribution in [-0.4, -0.2) is 31.5 Å². The van der Waals surface area contributed by atoms with Gasteiger partial charge in [0.15, 0.2) is 6.29 Å². The molecule has 0 aliphatic heterocycles. The van der Waals surface area contributed by atoms with Crippen LogP contribution in [0.15, 0.2) is 30.6 Å². The normalized spacial score (nSPS) is 16.5. The molecule has 3 unspecified atom stereocenters. The van der Waals surface area contributed by atoms with Crippen LogP contribution >= 0.6 is 6.72 Å². The Balaban J connectivity index is 2.16. The zero-order valence-corrected chi connectivity index (χ0v) is 13.6. The van der Waals surface area contributed by atoms with Gasteiger partial charge in [0, 0.05) is 17.4 Å². The van der Waals surface area contributed by atoms with Gasteiger partial charge in [-0.1, -0.05) is 18.2 Å². The quantitative estimate of drug-likeness (QED) is 0.515. The number of rotatable bonds is 7. The number of H-pyrrole nitrogens is 1. The molecule has 3 N–H and O–H groups in total. The Morgan fingerprint density at radius 2 is 2.00 bits per heavy atom. The van der Waals surface area contributed by atoms with E-state index in [2.05, 4.69) is 15.2 Å². The summed E-state index contributed by atoms with van der Waals surface area (Å²) in [6.45, 7) is -0.376. The number of aromatic nitrogens is 3. The maximum absolute atomic E-state index is 10.1. The van der Waals surface area contributed by atoms with Gasteiger partial charge in [0.2, 0.25) is 0 Å². The van der Waals surface area contributed by atoms with Crippen molar-refractivity contribution < 1.29 is 23.8 Å². The third-order valence-electron chi connectivity index (χ3n) is 2.57. The molecule has 0 spiro atoms. The molecule has 0 bridgehead atoms. The van der Waals surface area contributed by atoms with Crippen molar-refractivity contribution in [3.8, 4) is 11.8 Å². The van der Waals surface area contributed by atoms with E-state index in [1.807, 2.05) is 0 Å². The van der Waals surface area contributed by atoms with Gasteiger partial charge in [0.25, 0.3) is 0 Å². The lowest BCUT2D eigenvalue weighted by molar-refractivity contribution is -0.120. The minimum atomic E-state index is -3.62. The van der Waals surface area contributed by atoms with E-state index in [-0.39, 0.29) is 6.01 Å². The van der Waals surface area contributed by atoms with E-state index in [1.54, 1.807) is 31.2 Å². The van der Waals surface area contributed by atoms with Crippen LogP contribution in [-0.2, 0) is 16.5 Å². The highest BCUT2D eigenvalue weighted by atomic mass is 32.5. The van der Waals surface area contributed by atoms with Gasteiger partial charge in [-0.25, -0.2) is 5.10 Å². The van der Waals surface area contributed by atoms with Gasteiger partial charge in [0.1, 0.15) is 12.1 Å². The first-order valence-corrected chi connectivity index (χ1v) is 8.96. The van der Waals surface area contributed by atoms with Crippen molar-refractivity contribution in [2.24, 2.45) is 0 Å². The van der Waals surface area contributed by atoms with Crippen LogP contribution in [0.3, 0.4) is 0 Å². The fraction of sp³-hybridized carbons (Fsp3) is 0.333. The van der Waals surface area contributed by atoms with Gasteiger partial charge in [0.05, 0.1) is 6.10 Å². The number of hydrogen-bond acceptors (Lipinski definition) is 7. The van der Waals surface area contributed by atoms with Crippen molar-refractivity contribution >= 4 is 18.5 Å². The minimum Gasteiger partial charge on any atom is -0.415 e. The molecule has 1 heterocycles. The van der Waals surface area contributed by atoms with Crippen LogP contribution in [0.2, 0.25) is 0 Å². The highest BCUT2D eigenvalue weighted by Crippen LogP contribution is 2.45. The molecule has 0 fully saturated rings. The second-order valence-corrected chi connectivity index (χ2v) is 7.04. The van der Waals surface area contributed by atoms with Gasteiger partial charge >= 0.3 is 12.7 Å². The molecule has 0 aliphatic rings. The second-order valence-electron chi connectivity index (χ2n) is 4.36. The number of aromatic amines is 1. The monoisotopic (exact) mass is 345 g/mol. The molecular formula is C12H16N3O5PS. The maximum atomic E-state index is 10.1. The summed E-state index contributed by atoms with van der Waals surface area (Å²) in [7, 11) is 0. The highest BCUT2D eigenvalue weighted by molar-refractivity contribution is 8.07. The summed E-state index contributed by atoms with van der Waals surface area (Å²) in [4.78, 5) is 13.8. The number of nitrogens with one attached hydrogen (secondary N) is 1. The molecule has 2 aromatic rings. The summed E-state index contributed by atoms with van der Waals surface area (Å²) in [6, 6.07) is 6.83. The summed E-state index contributed by atoms with van der Waals surface area (Å²) in [5.74, 6) is 0.306. The molecule has 10 heteroatoms. The zero-order chi connectivity index (χ0) is 16.2. The number of aliphatic hydroxyl groups is 1. The minimum absolute atomic E-state index is 0.0309. The summed E-state index contributed by atoms with van der Waals surface area (Å²) >= 11 is 4.95. The van der Waals surface area contributed by atoms with Gasteiger partial charge in [-0.15, -0.1) is 0 Å². The Kier molecular flexibility index (Phi) is 5.49. The van der Waals surface area contributed by atoms with Crippen molar-refractivity contribution in [1.82, 2.24) is 15.2 Å². The van der Waals surface area contributed by atoms with E-state index in [1.165, 1.54) is 13.3 Å². The van der Waals surface area contributed by atoms with Gasteiger partial charge in [-0.05, 0) is 19.9 Å². The summed E-state index contributed by atoms with van der Waals surface area (Å²) in [5.41, 5.74) is 0.618. The average Bonchev–Trinajstić information content (AvgIpc) is 2.89. The Hall–Kier alpha value is -1.51. The highest BCUT2D eigenvalue weighted by Gasteiger charge is 2.24. The molecule has 2 rings (SSSR count). The molecule has 120 valence electrons. The third kappa shape index (κ3) is 4.75. The first kappa shape index (κ1) is 16.9. The predicted octanol–water partition coefficient (Wildman–Crippen LogP) is 1.90. The molecule has 0 radical (unpaired) electrons.